The molecule has 4 unspecified atom stereocenters. The van der Waals surface area contributed by atoms with E-state index in [2.05, 4.69) is 0 Å². The summed E-state index contributed by atoms with van der Waals surface area (Å²) in [7, 11) is 1.58. The Labute approximate surface area is 143 Å². The Kier molecular flexibility index (Phi) is 5.29. The van der Waals surface area contributed by atoms with Crippen LogP contribution in [0.3, 0.4) is 0 Å². The molecule has 0 aliphatic carbocycles. The molecule has 1 aromatic rings. The van der Waals surface area contributed by atoms with E-state index >= 15 is 0 Å². The monoisotopic (exact) mass is 360 g/mol. The van der Waals surface area contributed by atoms with E-state index in [4.69, 9.17) is 14.2 Å². The molecule has 1 aromatic carbocycles. The van der Waals surface area contributed by atoms with Crippen LogP contribution < -0.4 is 9.47 Å². The highest BCUT2D eigenvalue weighted by molar-refractivity contribution is 8.21. The summed E-state index contributed by atoms with van der Waals surface area (Å²) in [4.78, 5) is 0. The minimum absolute atomic E-state index is 0.334. The number of hydrogen-bond acceptors (Lipinski definition) is 8. The van der Waals surface area contributed by atoms with Crippen molar-refractivity contribution in [3.05, 3.63) is 24.3 Å². The molecule has 0 saturated carbocycles. The highest BCUT2D eigenvalue weighted by Crippen LogP contribution is 2.53. The third-order valence-corrected chi connectivity index (χ3v) is 7.62. The average molecular weight is 360 g/mol. The van der Waals surface area contributed by atoms with Crippen LogP contribution in [0.2, 0.25) is 0 Å². The number of ether oxygens (including phenoxy) is 3. The van der Waals surface area contributed by atoms with Gasteiger partial charge in [-0.25, -0.2) is 0 Å². The van der Waals surface area contributed by atoms with Gasteiger partial charge in [0.1, 0.15) is 33.9 Å². The SMILES string of the molecule is COc1ccc(OC2OC(CO)C(O)C3(SCCS3)C2O)cc1. The predicted octanol–water partition coefficient (Wildman–Crippen LogP) is 0.689. The molecule has 8 heteroatoms. The van der Waals surface area contributed by atoms with Crippen molar-refractivity contribution >= 4 is 23.5 Å². The summed E-state index contributed by atoms with van der Waals surface area (Å²) in [6.07, 6.45) is -3.72. The second-order valence-corrected chi connectivity index (χ2v) is 8.33. The maximum atomic E-state index is 10.7. The van der Waals surface area contributed by atoms with E-state index < -0.39 is 28.7 Å². The van der Waals surface area contributed by atoms with Gasteiger partial charge in [-0.2, -0.15) is 0 Å². The van der Waals surface area contributed by atoms with Crippen LogP contribution >= 0.6 is 23.5 Å². The fourth-order valence-corrected chi connectivity index (χ4v) is 6.10. The smallest absolute Gasteiger partial charge is 0.228 e. The summed E-state index contributed by atoms with van der Waals surface area (Å²) in [6.45, 7) is -0.334. The van der Waals surface area contributed by atoms with Crippen molar-refractivity contribution in [2.24, 2.45) is 0 Å². The summed E-state index contributed by atoms with van der Waals surface area (Å²) in [5, 5.41) is 30.7. The minimum atomic E-state index is -1.01. The molecule has 2 saturated heterocycles. The molecule has 2 fully saturated rings. The lowest BCUT2D eigenvalue weighted by atomic mass is 10.0. The molecule has 2 aliphatic heterocycles. The van der Waals surface area contributed by atoms with Crippen LogP contribution in [-0.2, 0) is 4.74 Å². The molecule has 2 aliphatic rings. The van der Waals surface area contributed by atoms with Crippen molar-refractivity contribution in [1.82, 2.24) is 0 Å². The molecule has 2 heterocycles. The van der Waals surface area contributed by atoms with Crippen LogP contribution in [0.4, 0.5) is 0 Å². The fraction of sp³-hybridized carbons (Fsp3) is 0.600. The zero-order valence-corrected chi connectivity index (χ0v) is 14.3. The second kappa shape index (κ2) is 7.08. The summed E-state index contributed by atoms with van der Waals surface area (Å²) in [5.74, 6) is 2.87. The number of hydrogen-bond donors (Lipinski definition) is 3. The van der Waals surface area contributed by atoms with Gasteiger partial charge in [-0.05, 0) is 24.3 Å². The Balaban J connectivity index is 1.80. The third-order valence-electron chi connectivity index (χ3n) is 3.97. The van der Waals surface area contributed by atoms with Gasteiger partial charge in [-0.1, -0.05) is 0 Å². The lowest BCUT2D eigenvalue weighted by Crippen LogP contribution is -2.64. The standard InChI is InChI=1S/C15H20O6S2/c1-19-9-2-4-10(5-3-9)20-14-13(18)15(22-6-7-23-15)12(17)11(8-16)21-14/h2-5,11-14,16-18H,6-8H2,1H3. The number of aliphatic hydroxyl groups is 3. The van der Waals surface area contributed by atoms with Gasteiger partial charge < -0.3 is 29.5 Å². The van der Waals surface area contributed by atoms with E-state index in [1.54, 1.807) is 31.4 Å². The summed E-state index contributed by atoms with van der Waals surface area (Å²) in [6, 6.07) is 6.93. The van der Waals surface area contributed by atoms with Crippen molar-refractivity contribution in [2.45, 2.75) is 28.7 Å². The molecule has 0 amide bonds. The van der Waals surface area contributed by atoms with E-state index in [0.29, 0.717) is 11.5 Å². The van der Waals surface area contributed by atoms with Crippen molar-refractivity contribution in [3.8, 4) is 11.5 Å². The molecule has 6 nitrogen and oxygen atoms in total. The second-order valence-electron chi connectivity index (χ2n) is 5.33. The molecule has 0 radical (unpaired) electrons. The quantitative estimate of drug-likeness (QED) is 0.723. The van der Waals surface area contributed by atoms with Gasteiger partial charge in [-0.15, -0.1) is 23.5 Å². The number of methoxy groups -OCH3 is 1. The molecule has 0 bridgehead atoms. The van der Waals surface area contributed by atoms with Crippen molar-refractivity contribution in [1.29, 1.82) is 0 Å². The fourth-order valence-electron chi connectivity index (χ4n) is 2.75. The highest BCUT2D eigenvalue weighted by Gasteiger charge is 2.59. The molecule has 1 spiro atoms. The van der Waals surface area contributed by atoms with Gasteiger partial charge in [0, 0.05) is 11.5 Å². The Bertz CT molecular complexity index is 519. The van der Waals surface area contributed by atoms with Gasteiger partial charge in [0.2, 0.25) is 6.29 Å². The van der Waals surface area contributed by atoms with E-state index in [1.165, 1.54) is 23.5 Å². The van der Waals surface area contributed by atoms with E-state index in [1.807, 2.05) is 0 Å². The molecule has 3 rings (SSSR count). The summed E-state index contributed by atoms with van der Waals surface area (Å²) < 4.78 is 15.6. The lowest BCUT2D eigenvalue weighted by Gasteiger charge is -2.47. The van der Waals surface area contributed by atoms with Crippen LogP contribution in [0, 0.1) is 0 Å². The first kappa shape index (κ1) is 17.2. The summed E-state index contributed by atoms with van der Waals surface area (Å²) in [5.41, 5.74) is 0. The number of rotatable bonds is 4. The zero-order chi connectivity index (χ0) is 16.4. The maximum Gasteiger partial charge on any atom is 0.228 e. The zero-order valence-electron chi connectivity index (χ0n) is 12.6. The third kappa shape index (κ3) is 3.16. The van der Waals surface area contributed by atoms with Gasteiger partial charge in [0.05, 0.1) is 13.7 Å². The Hall–Kier alpha value is -0.640. The molecule has 3 N–H and O–H groups in total. The Morgan fingerprint density at radius 2 is 1.74 bits per heavy atom. The van der Waals surface area contributed by atoms with E-state index in [-0.39, 0.29) is 6.61 Å². The number of benzene rings is 1. The molecule has 0 aromatic heterocycles. The Morgan fingerprint density at radius 1 is 1.13 bits per heavy atom. The molecular formula is C15H20O6S2. The highest BCUT2D eigenvalue weighted by atomic mass is 32.2. The number of thioether (sulfide) groups is 2. The van der Waals surface area contributed by atoms with Gasteiger partial charge in [0.15, 0.2) is 0 Å². The molecule has 128 valence electrons. The van der Waals surface area contributed by atoms with Crippen LogP contribution in [0.25, 0.3) is 0 Å². The normalized spacial score (nSPS) is 32.9. The molecular weight excluding hydrogens is 340 g/mol. The van der Waals surface area contributed by atoms with Crippen LogP contribution in [-0.4, -0.2) is 69.2 Å². The van der Waals surface area contributed by atoms with Crippen LogP contribution in [0.15, 0.2) is 24.3 Å². The van der Waals surface area contributed by atoms with Gasteiger partial charge >= 0.3 is 0 Å². The Morgan fingerprint density at radius 3 is 2.30 bits per heavy atom. The first-order chi connectivity index (χ1) is 11.1. The predicted molar refractivity (Wildman–Crippen MR) is 89.0 cm³/mol. The van der Waals surface area contributed by atoms with Crippen molar-refractivity contribution in [3.63, 3.8) is 0 Å². The van der Waals surface area contributed by atoms with Gasteiger partial charge in [-0.3, -0.25) is 0 Å². The first-order valence-corrected chi connectivity index (χ1v) is 9.29. The van der Waals surface area contributed by atoms with Crippen LogP contribution in [0.5, 0.6) is 11.5 Å². The van der Waals surface area contributed by atoms with E-state index in [9.17, 15) is 15.3 Å². The van der Waals surface area contributed by atoms with Crippen molar-refractivity contribution in [2.75, 3.05) is 25.2 Å². The van der Waals surface area contributed by atoms with E-state index in [0.717, 1.165) is 11.5 Å². The average Bonchev–Trinajstić information content (AvgIpc) is 3.07. The largest absolute Gasteiger partial charge is 0.497 e. The topological polar surface area (TPSA) is 88.4 Å². The summed E-state index contributed by atoms with van der Waals surface area (Å²) >= 11 is 2.99. The molecule has 23 heavy (non-hydrogen) atoms. The first-order valence-electron chi connectivity index (χ1n) is 7.32. The maximum absolute atomic E-state index is 10.7. The number of aliphatic hydroxyl groups excluding tert-OH is 3. The van der Waals surface area contributed by atoms with Crippen molar-refractivity contribution < 1.29 is 29.5 Å². The van der Waals surface area contributed by atoms with Gasteiger partial charge in [0.25, 0.3) is 0 Å². The molecule has 4 atom stereocenters. The van der Waals surface area contributed by atoms with Crippen LogP contribution in [0.1, 0.15) is 0 Å². The minimum Gasteiger partial charge on any atom is -0.497 e. The lowest BCUT2D eigenvalue weighted by molar-refractivity contribution is -0.241.